The van der Waals surface area contributed by atoms with Gasteiger partial charge in [0.2, 0.25) is 0 Å². The maximum absolute atomic E-state index is 12.0. The summed E-state index contributed by atoms with van der Waals surface area (Å²) in [5.74, 6) is 0.123. The molecule has 9 heteroatoms. The molecule has 1 aromatic carbocycles. The SMILES string of the molecule is CC(Oc1ccc(Cl)cc1[N+](=O)[O-])C(=O)NCC(N)C1CC1.Cl. The third-order valence-electron chi connectivity index (χ3n) is 3.53. The van der Waals surface area contributed by atoms with Gasteiger partial charge < -0.3 is 15.8 Å². The van der Waals surface area contributed by atoms with E-state index in [2.05, 4.69) is 5.32 Å². The van der Waals surface area contributed by atoms with E-state index in [1.165, 1.54) is 25.1 Å². The Morgan fingerprint density at radius 2 is 2.22 bits per heavy atom. The molecule has 0 spiro atoms. The van der Waals surface area contributed by atoms with E-state index in [-0.39, 0.29) is 40.8 Å². The van der Waals surface area contributed by atoms with E-state index in [4.69, 9.17) is 22.1 Å². The Bertz CT molecular complexity index is 581. The lowest BCUT2D eigenvalue weighted by molar-refractivity contribution is -0.386. The summed E-state index contributed by atoms with van der Waals surface area (Å²) in [6, 6.07) is 3.98. The average molecular weight is 364 g/mol. The second kappa shape index (κ2) is 8.33. The smallest absolute Gasteiger partial charge is 0.312 e. The van der Waals surface area contributed by atoms with Gasteiger partial charge in [-0.3, -0.25) is 14.9 Å². The minimum Gasteiger partial charge on any atom is -0.474 e. The zero-order valence-corrected chi connectivity index (χ0v) is 14.1. The molecule has 3 N–H and O–H groups in total. The number of nitro benzene ring substituents is 1. The summed E-state index contributed by atoms with van der Waals surface area (Å²) in [5, 5.41) is 13.9. The molecule has 1 aliphatic rings. The first-order valence-corrected chi connectivity index (χ1v) is 7.40. The normalized spacial score (nSPS) is 16.0. The van der Waals surface area contributed by atoms with Crippen molar-refractivity contribution in [2.24, 2.45) is 11.7 Å². The molecular formula is C14H19Cl2N3O4. The summed E-state index contributed by atoms with van der Waals surface area (Å²) in [6.07, 6.45) is 1.33. The number of hydrogen-bond acceptors (Lipinski definition) is 5. The van der Waals surface area contributed by atoms with Crippen LogP contribution in [-0.4, -0.2) is 29.5 Å². The molecule has 0 radical (unpaired) electrons. The molecule has 2 atom stereocenters. The Hall–Kier alpha value is -1.57. The number of ether oxygens (including phenoxy) is 1. The molecular weight excluding hydrogens is 345 g/mol. The fourth-order valence-corrected chi connectivity index (χ4v) is 2.20. The van der Waals surface area contributed by atoms with E-state index in [9.17, 15) is 14.9 Å². The van der Waals surface area contributed by atoms with Gasteiger partial charge in [0.05, 0.1) is 4.92 Å². The number of rotatable bonds is 7. The van der Waals surface area contributed by atoms with Crippen LogP contribution in [0.5, 0.6) is 5.75 Å². The van der Waals surface area contributed by atoms with Crippen LogP contribution in [0, 0.1) is 16.0 Å². The first kappa shape index (κ1) is 19.5. The summed E-state index contributed by atoms with van der Waals surface area (Å²) in [6.45, 7) is 1.90. The summed E-state index contributed by atoms with van der Waals surface area (Å²) >= 11 is 5.73. The monoisotopic (exact) mass is 363 g/mol. The molecule has 128 valence electrons. The summed E-state index contributed by atoms with van der Waals surface area (Å²) < 4.78 is 5.38. The highest BCUT2D eigenvalue weighted by molar-refractivity contribution is 6.30. The van der Waals surface area contributed by atoms with Crippen LogP contribution in [0.25, 0.3) is 0 Å². The highest BCUT2D eigenvalue weighted by Gasteiger charge is 2.29. The van der Waals surface area contributed by atoms with E-state index in [1.807, 2.05) is 0 Å². The summed E-state index contributed by atoms with van der Waals surface area (Å²) in [4.78, 5) is 22.3. The number of carbonyl (C=O) groups is 1. The third kappa shape index (κ3) is 5.53. The lowest BCUT2D eigenvalue weighted by atomic mass is 10.2. The lowest BCUT2D eigenvalue weighted by Crippen LogP contribution is -2.43. The van der Waals surface area contributed by atoms with E-state index in [1.54, 1.807) is 0 Å². The minimum atomic E-state index is -0.869. The molecule has 1 amide bonds. The molecule has 0 aromatic heterocycles. The van der Waals surface area contributed by atoms with Crippen LogP contribution in [0.2, 0.25) is 5.02 Å². The fourth-order valence-electron chi connectivity index (χ4n) is 2.03. The van der Waals surface area contributed by atoms with Crippen LogP contribution < -0.4 is 15.8 Å². The number of nitrogens with zero attached hydrogens (tertiary/aromatic N) is 1. The van der Waals surface area contributed by atoms with Gasteiger partial charge in [0, 0.05) is 23.7 Å². The number of amides is 1. The van der Waals surface area contributed by atoms with Crippen molar-refractivity contribution in [3.8, 4) is 5.75 Å². The molecule has 1 aromatic rings. The van der Waals surface area contributed by atoms with Gasteiger partial charge >= 0.3 is 5.69 Å². The molecule has 0 saturated heterocycles. The van der Waals surface area contributed by atoms with Crippen molar-refractivity contribution in [2.75, 3.05) is 6.54 Å². The van der Waals surface area contributed by atoms with Gasteiger partial charge in [-0.1, -0.05) is 11.6 Å². The van der Waals surface area contributed by atoms with Crippen molar-refractivity contribution in [3.05, 3.63) is 33.3 Å². The standard InChI is InChI=1S/C14H18ClN3O4.ClH/c1-8(14(19)17-7-11(16)9-2-3-9)22-13-5-4-10(15)6-12(13)18(20)21;/h4-6,8-9,11H,2-3,7,16H2,1H3,(H,17,19);1H. The van der Waals surface area contributed by atoms with Crippen molar-refractivity contribution in [2.45, 2.75) is 31.9 Å². The van der Waals surface area contributed by atoms with E-state index in [0.717, 1.165) is 12.8 Å². The largest absolute Gasteiger partial charge is 0.474 e. The molecule has 7 nitrogen and oxygen atoms in total. The predicted octanol–water partition coefficient (Wildman–Crippen LogP) is 2.29. The molecule has 0 aliphatic heterocycles. The summed E-state index contributed by atoms with van der Waals surface area (Å²) in [7, 11) is 0. The van der Waals surface area contributed by atoms with Crippen molar-refractivity contribution < 1.29 is 14.5 Å². The highest BCUT2D eigenvalue weighted by Crippen LogP contribution is 2.31. The van der Waals surface area contributed by atoms with E-state index >= 15 is 0 Å². The van der Waals surface area contributed by atoms with Crippen molar-refractivity contribution in [1.82, 2.24) is 5.32 Å². The fraction of sp³-hybridized carbons (Fsp3) is 0.500. The molecule has 0 bridgehead atoms. The number of hydrogen-bond donors (Lipinski definition) is 2. The minimum absolute atomic E-state index is 0. The number of nitrogens with one attached hydrogen (secondary N) is 1. The number of benzene rings is 1. The molecule has 23 heavy (non-hydrogen) atoms. The van der Waals surface area contributed by atoms with Gasteiger partial charge in [0.15, 0.2) is 11.9 Å². The Kier molecular flexibility index (Phi) is 7.05. The predicted molar refractivity (Wildman–Crippen MR) is 89.2 cm³/mol. The molecule has 1 fully saturated rings. The van der Waals surface area contributed by atoms with Gasteiger partial charge in [0.25, 0.3) is 5.91 Å². The Morgan fingerprint density at radius 3 is 2.78 bits per heavy atom. The van der Waals surface area contributed by atoms with Crippen LogP contribution in [0.3, 0.4) is 0 Å². The second-order valence-electron chi connectivity index (χ2n) is 5.38. The summed E-state index contributed by atoms with van der Waals surface area (Å²) in [5.41, 5.74) is 5.62. The molecule has 2 unspecified atom stereocenters. The van der Waals surface area contributed by atoms with Crippen LogP contribution in [-0.2, 0) is 4.79 Å². The second-order valence-corrected chi connectivity index (χ2v) is 5.81. The van der Waals surface area contributed by atoms with Gasteiger partial charge in [-0.15, -0.1) is 12.4 Å². The van der Waals surface area contributed by atoms with Gasteiger partial charge in [-0.25, -0.2) is 0 Å². The number of nitro groups is 1. The zero-order chi connectivity index (χ0) is 16.3. The topological polar surface area (TPSA) is 107 Å². The average Bonchev–Trinajstić information content (AvgIpc) is 3.30. The van der Waals surface area contributed by atoms with Crippen molar-refractivity contribution >= 4 is 35.6 Å². The van der Waals surface area contributed by atoms with Gasteiger partial charge in [-0.2, -0.15) is 0 Å². The quantitative estimate of drug-likeness (QED) is 0.570. The molecule has 0 heterocycles. The Labute approximate surface area is 145 Å². The third-order valence-corrected chi connectivity index (χ3v) is 3.77. The first-order chi connectivity index (χ1) is 10.4. The van der Waals surface area contributed by atoms with Crippen LogP contribution in [0.15, 0.2) is 18.2 Å². The highest BCUT2D eigenvalue weighted by atomic mass is 35.5. The van der Waals surface area contributed by atoms with Crippen LogP contribution >= 0.6 is 24.0 Å². The van der Waals surface area contributed by atoms with Crippen molar-refractivity contribution in [3.63, 3.8) is 0 Å². The maximum atomic E-state index is 12.0. The number of carbonyl (C=O) groups excluding carboxylic acids is 1. The van der Waals surface area contributed by atoms with Crippen molar-refractivity contribution in [1.29, 1.82) is 0 Å². The zero-order valence-electron chi connectivity index (χ0n) is 12.5. The van der Waals surface area contributed by atoms with E-state index < -0.39 is 11.0 Å². The lowest BCUT2D eigenvalue weighted by Gasteiger charge is -2.17. The maximum Gasteiger partial charge on any atom is 0.312 e. The molecule has 1 saturated carbocycles. The number of nitrogens with two attached hydrogens (primary N) is 1. The van der Waals surface area contributed by atoms with Crippen LogP contribution in [0.4, 0.5) is 5.69 Å². The molecule has 2 rings (SSSR count). The molecule has 1 aliphatic carbocycles. The first-order valence-electron chi connectivity index (χ1n) is 7.02. The van der Waals surface area contributed by atoms with Gasteiger partial charge in [0.1, 0.15) is 0 Å². The number of halogens is 2. The Morgan fingerprint density at radius 1 is 1.57 bits per heavy atom. The Balaban J connectivity index is 0.00000264. The van der Waals surface area contributed by atoms with Crippen LogP contribution in [0.1, 0.15) is 19.8 Å². The van der Waals surface area contributed by atoms with Gasteiger partial charge in [-0.05, 0) is 37.8 Å². The van der Waals surface area contributed by atoms with E-state index in [0.29, 0.717) is 12.5 Å².